The number of pyridine rings is 1. The Morgan fingerprint density at radius 1 is 1.28 bits per heavy atom. The lowest BCUT2D eigenvalue weighted by Gasteiger charge is -2.11. The van der Waals surface area contributed by atoms with Gasteiger partial charge >= 0.3 is 0 Å². The predicted octanol–water partition coefficient (Wildman–Crippen LogP) is 4.14. The summed E-state index contributed by atoms with van der Waals surface area (Å²) in [5, 5.41) is 0. The van der Waals surface area contributed by atoms with Gasteiger partial charge in [-0.3, -0.25) is 9.78 Å². The Labute approximate surface area is 115 Å². The predicted molar refractivity (Wildman–Crippen MR) is 75.9 cm³/mol. The molecule has 2 nitrogen and oxygen atoms in total. The highest BCUT2D eigenvalue weighted by Crippen LogP contribution is 2.25. The minimum Gasteiger partial charge on any atom is -0.293 e. The second kappa shape index (κ2) is 5.44. The molecule has 0 bridgehead atoms. The van der Waals surface area contributed by atoms with Gasteiger partial charge in [0.25, 0.3) is 0 Å². The number of carbonyl (C=O) groups excluding carboxylic acids is 1. The molecular formula is C15H14BrNO. The van der Waals surface area contributed by atoms with Crippen LogP contribution in [0.1, 0.15) is 34.5 Å². The van der Waals surface area contributed by atoms with Crippen LogP contribution in [0.3, 0.4) is 0 Å². The number of hydrogen-bond donors (Lipinski definition) is 0. The molecule has 1 atom stereocenters. The van der Waals surface area contributed by atoms with Gasteiger partial charge in [-0.25, -0.2) is 0 Å². The third-order valence-corrected chi connectivity index (χ3v) is 3.60. The van der Waals surface area contributed by atoms with Crippen LogP contribution in [0.5, 0.6) is 0 Å². The van der Waals surface area contributed by atoms with Crippen LogP contribution in [-0.4, -0.2) is 10.8 Å². The Hall–Kier alpha value is -1.48. The highest BCUT2D eigenvalue weighted by molar-refractivity contribution is 9.10. The largest absolute Gasteiger partial charge is 0.293 e. The van der Waals surface area contributed by atoms with E-state index in [1.807, 2.05) is 50.2 Å². The standard InChI is InChI=1S/C15H14BrNO/c1-10-6-7-13(16)12(9-10)15(18)11(2)14-5-3-4-8-17-14/h3-9,11H,1-2H3. The average molecular weight is 304 g/mol. The van der Waals surface area contributed by atoms with Crippen molar-refractivity contribution in [2.75, 3.05) is 0 Å². The minimum atomic E-state index is -0.232. The molecule has 2 aromatic rings. The van der Waals surface area contributed by atoms with Gasteiger partial charge in [0.15, 0.2) is 5.78 Å². The van der Waals surface area contributed by atoms with Crippen LogP contribution in [0.15, 0.2) is 47.1 Å². The lowest BCUT2D eigenvalue weighted by atomic mass is 9.95. The van der Waals surface area contributed by atoms with Gasteiger partial charge in [0, 0.05) is 16.2 Å². The number of halogens is 1. The van der Waals surface area contributed by atoms with E-state index in [4.69, 9.17) is 0 Å². The molecule has 0 amide bonds. The number of hydrogen-bond acceptors (Lipinski definition) is 2. The summed E-state index contributed by atoms with van der Waals surface area (Å²) in [6.07, 6.45) is 1.71. The lowest BCUT2D eigenvalue weighted by Crippen LogP contribution is -2.11. The Kier molecular flexibility index (Phi) is 3.92. The number of nitrogens with zero attached hydrogens (tertiary/aromatic N) is 1. The lowest BCUT2D eigenvalue weighted by molar-refractivity contribution is 0.0963. The SMILES string of the molecule is Cc1ccc(Br)c(C(=O)C(C)c2ccccn2)c1. The molecule has 0 aliphatic carbocycles. The number of benzene rings is 1. The summed E-state index contributed by atoms with van der Waals surface area (Å²) in [5.74, 6) is -0.145. The number of Topliss-reactive ketones (excluding diaryl/α,β-unsaturated/α-hetero) is 1. The van der Waals surface area contributed by atoms with Gasteiger partial charge < -0.3 is 0 Å². The molecule has 0 radical (unpaired) electrons. The van der Waals surface area contributed by atoms with Gasteiger partial charge in [0.05, 0.1) is 11.6 Å². The molecule has 1 unspecified atom stereocenters. The van der Waals surface area contributed by atoms with Gasteiger partial charge in [-0.1, -0.05) is 33.6 Å². The van der Waals surface area contributed by atoms with Crippen molar-refractivity contribution in [3.05, 3.63) is 63.9 Å². The molecule has 1 aromatic heterocycles. The maximum atomic E-state index is 12.4. The van der Waals surface area contributed by atoms with E-state index in [0.29, 0.717) is 5.56 Å². The Morgan fingerprint density at radius 3 is 2.72 bits per heavy atom. The Morgan fingerprint density at radius 2 is 2.06 bits per heavy atom. The number of aryl methyl sites for hydroxylation is 1. The fourth-order valence-electron chi connectivity index (χ4n) is 1.83. The van der Waals surface area contributed by atoms with Crippen molar-refractivity contribution < 1.29 is 4.79 Å². The van der Waals surface area contributed by atoms with Crippen molar-refractivity contribution in [2.24, 2.45) is 0 Å². The first kappa shape index (κ1) is 13.0. The van der Waals surface area contributed by atoms with E-state index in [9.17, 15) is 4.79 Å². The van der Waals surface area contributed by atoms with E-state index in [1.165, 1.54) is 0 Å². The summed E-state index contributed by atoms with van der Waals surface area (Å²) < 4.78 is 0.834. The monoisotopic (exact) mass is 303 g/mol. The van der Waals surface area contributed by atoms with Crippen molar-refractivity contribution in [3.8, 4) is 0 Å². The van der Waals surface area contributed by atoms with Gasteiger partial charge in [0.1, 0.15) is 0 Å². The van der Waals surface area contributed by atoms with E-state index in [-0.39, 0.29) is 11.7 Å². The third-order valence-electron chi connectivity index (χ3n) is 2.91. The Balaban J connectivity index is 2.34. The van der Waals surface area contributed by atoms with Crippen molar-refractivity contribution in [1.82, 2.24) is 4.98 Å². The molecule has 18 heavy (non-hydrogen) atoms. The number of carbonyl (C=O) groups is 1. The van der Waals surface area contributed by atoms with E-state index >= 15 is 0 Å². The third kappa shape index (κ3) is 2.67. The van der Waals surface area contributed by atoms with Crippen LogP contribution in [0.2, 0.25) is 0 Å². The van der Waals surface area contributed by atoms with Crippen molar-refractivity contribution in [3.63, 3.8) is 0 Å². The zero-order valence-corrected chi connectivity index (χ0v) is 11.9. The van der Waals surface area contributed by atoms with Crippen LogP contribution in [0.4, 0.5) is 0 Å². The minimum absolute atomic E-state index is 0.0873. The van der Waals surface area contributed by atoms with Crippen LogP contribution in [0, 0.1) is 6.92 Å². The molecule has 3 heteroatoms. The van der Waals surface area contributed by atoms with Gasteiger partial charge in [-0.2, -0.15) is 0 Å². The first-order chi connectivity index (χ1) is 8.59. The number of aromatic nitrogens is 1. The fourth-order valence-corrected chi connectivity index (χ4v) is 2.27. The first-order valence-electron chi connectivity index (χ1n) is 5.81. The molecule has 0 aliphatic rings. The van der Waals surface area contributed by atoms with Crippen LogP contribution in [0.25, 0.3) is 0 Å². The molecule has 0 N–H and O–H groups in total. The molecule has 0 aliphatic heterocycles. The highest BCUT2D eigenvalue weighted by Gasteiger charge is 2.20. The fraction of sp³-hybridized carbons (Fsp3) is 0.200. The first-order valence-corrected chi connectivity index (χ1v) is 6.60. The molecule has 0 spiro atoms. The summed E-state index contributed by atoms with van der Waals surface area (Å²) in [5.41, 5.74) is 2.60. The summed E-state index contributed by atoms with van der Waals surface area (Å²) >= 11 is 3.43. The van der Waals surface area contributed by atoms with E-state index in [2.05, 4.69) is 20.9 Å². The number of ketones is 1. The molecule has 0 saturated carbocycles. The maximum Gasteiger partial charge on any atom is 0.172 e. The van der Waals surface area contributed by atoms with Crippen molar-refractivity contribution in [1.29, 1.82) is 0 Å². The number of rotatable bonds is 3. The van der Waals surface area contributed by atoms with Crippen molar-refractivity contribution in [2.45, 2.75) is 19.8 Å². The van der Waals surface area contributed by atoms with Crippen LogP contribution in [-0.2, 0) is 0 Å². The Bertz CT molecular complexity index is 566. The van der Waals surface area contributed by atoms with E-state index in [1.54, 1.807) is 6.20 Å². The van der Waals surface area contributed by atoms with E-state index < -0.39 is 0 Å². The summed E-state index contributed by atoms with van der Waals surface area (Å²) in [6.45, 7) is 3.87. The van der Waals surface area contributed by atoms with Gasteiger partial charge in [-0.05, 0) is 38.1 Å². The van der Waals surface area contributed by atoms with Gasteiger partial charge in [-0.15, -0.1) is 0 Å². The molecular weight excluding hydrogens is 290 g/mol. The van der Waals surface area contributed by atoms with Crippen molar-refractivity contribution >= 4 is 21.7 Å². The highest BCUT2D eigenvalue weighted by atomic mass is 79.9. The molecule has 92 valence electrons. The topological polar surface area (TPSA) is 30.0 Å². The second-order valence-electron chi connectivity index (χ2n) is 4.32. The van der Waals surface area contributed by atoms with Gasteiger partial charge in [0.2, 0.25) is 0 Å². The maximum absolute atomic E-state index is 12.4. The normalized spacial score (nSPS) is 12.2. The smallest absolute Gasteiger partial charge is 0.172 e. The van der Waals surface area contributed by atoms with Crippen LogP contribution < -0.4 is 0 Å². The second-order valence-corrected chi connectivity index (χ2v) is 5.18. The summed E-state index contributed by atoms with van der Waals surface area (Å²) in [4.78, 5) is 16.7. The summed E-state index contributed by atoms with van der Waals surface area (Å²) in [6, 6.07) is 11.4. The van der Waals surface area contributed by atoms with E-state index in [0.717, 1.165) is 15.7 Å². The quantitative estimate of drug-likeness (QED) is 0.798. The zero-order chi connectivity index (χ0) is 13.1. The van der Waals surface area contributed by atoms with Crippen LogP contribution >= 0.6 is 15.9 Å². The molecule has 1 heterocycles. The zero-order valence-electron chi connectivity index (χ0n) is 10.4. The average Bonchev–Trinajstić information content (AvgIpc) is 2.41. The molecule has 0 saturated heterocycles. The molecule has 2 rings (SSSR count). The molecule has 0 fully saturated rings. The summed E-state index contributed by atoms with van der Waals surface area (Å²) in [7, 11) is 0. The molecule has 1 aromatic carbocycles.